The van der Waals surface area contributed by atoms with Crippen molar-refractivity contribution >= 4 is 5.97 Å². The second kappa shape index (κ2) is 2.25. The van der Waals surface area contributed by atoms with Crippen molar-refractivity contribution in [1.29, 1.82) is 0 Å². The first-order chi connectivity index (χ1) is 6.27. The monoisotopic (exact) mass is 176 g/mol. The van der Waals surface area contributed by atoms with Crippen molar-refractivity contribution < 1.29 is 9.90 Å². The average Bonchev–Trinajstić information content (AvgIpc) is 2.76. The van der Waals surface area contributed by atoms with E-state index in [1.54, 1.807) is 0 Å². The summed E-state index contributed by atoms with van der Waals surface area (Å²) in [5, 5.41) is 9.00. The van der Waals surface area contributed by atoms with Crippen molar-refractivity contribution in [1.82, 2.24) is 0 Å². The molecule has 2 heteroatoms. The first kappa shape index (κ1) is 7.36. The van der Waals surface area contributed by atoms with Gasteiger partial charge in [-0.15, -0.1) is 0 Å². The Balaban J connectivity index is 2.10. The second-order valence-electron chi connectivity index (χ2n) is 4.27. The molecule has 2 saturated carbocycles. The van der Waals surface area contributed by atoms with Crippen LogP contribution in [0.4, 0.5) is 0 Å². The number of carbonyl (C=O) groups is 1. The third-order valence-electron chi connectivity index (χ3n) is 3.70. The zero-order chi connectivity index (χ0) is 9.00. The smallest absolute Gasteiger partial charge is 0.332 e. The van der Waals surface area contributed by atoms with Crippen LogP contribution in [0.5, 0.6) is 0 Å². The molecule has 0 aromatic carbocycles. The molecule has 0 saturated heterocycles. The minimum atomic E-state index is -0.700. The van der Waals surface area contributed by atoms with E-state index in [1.165, 1.54) is 30.4 Å². The molecule has 0 aromatic rings. The van der Waals surface area contributed by atoms with Crippen molar-refractivity contribution in [2.24, 2.45) is 11.8 Å². The van der Waals surface area contributed by atoms with Gasteiger partial charge in [0.1, 0.15) is 0 Å². The van der Waals surface area contributed by atoms with Crippen molar-refractivity contribution in [2.45, 2.75) is 25.7 Å². The highest BCUT2D eigenvalue weighted by Crippen LogP contribution is 2.55. The molecule has 3 aliphatic rings. The first-order valence-corrected chi connectivity index (χ1v) is 4.94. The summed E-state index contributed by atoms with van der Waals surface area (Å²) in [4.78, 5) is 10.9. The Morgan fingerprint density at radius 3 is 2.92 bits per heavy atom. The van der Waals surface area contributed by atoms with Gasteiger partial charge in [-0.2, -0.15) is 0 Å². The second-order valence-corrected chi connectivity index (χ2v) is 4.27. The van der Waals surface area contributed by atoms with E-state index in [1.807, 2.05) is 0 Å². The van der Waals surface area contributed by atoms with Gasteiger partial charge in [-0.1, -0.05) is 6.08 Å². The molecule has 0 spiro atoms. The third-order valence-corrected chi connectivity index (χ3v) is 3.70. The van der Waals surface area contributed by atoms with Crippen LogP contribution in [-0.4, -0.2) is 11.1 Å². The number of carboxylic acids is 1. The van der Waals surface area contributed by atoms with Crippen LogP contribution in [0.25, 0.3) is 0 Å². The number of fused-ring (bicyclic) bond motifs is 5. The Hall–Kier alpha value is -1.05. The average molecular weight is 176 g/mol. The van der Waals surface area contributed by atoms with Gasteiger partial charge in [-0.05, 0) is 48.7 Å². The summed E-state index contributed by atoms with van der Waals surface area (Å²) in [6.45, 7) is 0. The van der Waals surface area contributed by atoms with Gasteiger partial charge in [0.05, 0.1) is 0 Å². The minimum Gasteiger partial charge on any atom is -0.478 e. The van der Waals surface area contributed by atoms with Gasteiger partial charge in [0.2, 0.25) is 0 Å². The van der Waals surface area contributed by atoms with Crippen LogP contribution in [0.2, 0.25) is 0 Å². The van der Waals surface area contributed by atoms with E-state index in [2.05, 4.69) is 6.08 Å². The summed E-state index contributed by atoms with van der Waals surface area (Å²) in [6.07, 6.45) is 6.54. The molecule has 3 aliphatic carbocycles. The molecule has 0 aromatic heterocycles. The Morgan fingerprint density at radius 1 is 1.38 bits per heavy atom. The first-order valence-electron chi connectivity index (χ1n) is 4.94. The number of hydrogen-bond donors (Lipinski definition) is 1. The van der Waals surface area contributed by atoms with Gasteiger partial charge in [-0.3, -0.25) is 0 Å². The third kappa shape index (κ3) is 0.808. The van der Waals surface area contributed by atoms with E-state index in [4.69, 9.17) is 5.11 Å². The van der Waals surface area contributed by atoms with E-state index in [0.717, 1.165) is 0 Å². The Morgan fingerprint density at radius 2 is 2.15 bits per heavy atom. The van der Waals surface area contributed by atoms with Gasteiger partial charge in [-0.25, -0.2) is 4.79 Å². The van der Waals surface area contributed by atoms with Gasteiger partial charge in [0.25, 0.3) is 0 Å². The topological polar surface area (TPSA) is 37.3 Å². The Labute approximate surface area is 76.9 Å². The Bertz CT molecular complexity index is 349. The van der Waals surface area contributed by atoms with Crippen LogP contribution in [0, 0.1) is 11.8 Å². The molecule has 2 unspecified atom stereocenters. The maximum absolute atomic E-state index is 10.9. The molecular weight excluding hydrogens is 164 g/mol. The van der Waals surface area contributed by atoms with E-state index < -0.39 is 5.97 Å². The highest BCUT2D eigenvalue weighted by Gasteiger charge is 2.43. The molecule has 13 heavy (non-hydrogen) atoms. The standard InChI is InChI=1S/C11H12O2/c12-11(13)9-4-3-8-6-1-2-7(5-6)10(8)9/h3,6-7H,1-2,4-5H2,(H,12,13). The van der Waals surface area contributed by atoms with E-state index in [0.29, 0.717) is 23.8 Å². The van der Waals surface area contributed by atoms with E-state index in [9.17, 15) is 4.79 Å². The maximum Gasteiger partial charge on any atom is 0.332 e. The maximum atomic E-state index is 10.9. The van der Waals surface area contributed by atoms with Crippen molar-refractivity contribution in [3.05, 3.63) is 22.8 Å². The predicted octanol–water partition coefficient (Wildman–Crippen LogP) is 2.13. The predicted molar refractivity (Wildman–Crippen MR) is 48.2 cm³/mol. The number of allylic oxidation sites excluding steroid dienone is 3. The fourth-order valence-electron chi connectivity index (χ4n) is 3.20. The molecule has 0 amide bonds. The van der Waals surface area contributed by atoms with E-state index >= 15 is 0 Å². The van der Waals surface area contributed by atoms with E-state index in [-0.39, 0.29) is 0 Å². The summed E-state index contributed by atoms with van der Waals surface area (Å²) >= 11 is 0. The lowest BCUT2D eigenvalue weighted by Crippen LogP contribution is -2.06. The summed E-state index contributed by atoms with van der Waals surface area (Å²) in [7, 11) is 0. The van der Waals surface area contributed by atoms with Crippen molar-refractivity contribution in [2.75, 3.05) is 0 Å². The van der Waals surface area contributed by atoms with Crippen LogP contribution in [-0.2, 0) is 4.79 Å². The van der Waals surface area contributed by atoms with Crippen molar-refractivity contribution in [3.63, 3.8) is 0 Å². The Kier molecular flexibility index (Phi) is 1.27. The number of carboxylic acid groups (broad SMARTS) is 1. The van der Waals surface area contributed by atoms with Crippen LogP contribution < -0.4 is 0 Å². The molecular formula is C11H12O2. The lowest BCUT2D eigenvalue weighted by molar-refractivity contribution is -0.132. The lowest BCUT2D eigenvalue weighted by Gasteiger charge is -2.14. The summed E-state index contributed by atoms with van der Waals surface area (Å²) in [5.41, 5.74) is 3.28. The lowest BCUT2D eigenvalue weighted by atomic mass is 9.90. The molecule has 0 radical (unpaired) electrons. The zero-order valence-electron chi connectivity index (χ0n) is 7.42. The summed E-state index contributed by atoms with van der Waals surface area (Å²) < 4.78 is 0. The van der Waals surface area contributed by atoms with Crippen LogP contribution >= 0.6 is 0 Å². The van der Waals surface area contributed by atoms with Crippen LogP contribution in [0.15, 0.2) is 22.8 Å². The molecule has 68 valence electrons. The molecule has 2 fully saturated rings. The van der Waals surface area contributed by atoms with Crippen molar-refractivity contribution in [3.8, 4) is 0 Å². The molecule has 2 bridgehead atoms. The van der Waals surface area contributed by atoms with Gasteiger partial charge in [0, 0.05) is 5.57 Å². The molecule has 2 nitrogen and oxygen atoms in total. The summed E-state index contributed by atoms with van der Waals surface area (Å²) in [5.74, 6) is 0.593. The van der Waals surface area contributed by atoms with Crippen LogP contribution in [0.3, 0.4) is 0 Å². The van der Waals surface area contributed by atoms with Gasteiger partial charge >= 0.3 is 5.97 Å². The fourth-order valence-corrected chi connectivity index (χ4v) is 3.20. The number of aliphatic carboxylic acids is 1. The molecule has 3 rings (SSSR count). The highest BCUT2D eigenvalue weighted by atomic mass is 16.4. The fraction of sp³-hybridized carbons (Fsp3) is 0.545. The van der Waals surface area contributed by atoms with Crippen LogP contribution in [0.1, 0.15) is 25.7 Å². The SMILES string of the molecule is O=C(O)C1=C2C(=CC1)C1CCC2C1. The summed E-state index contributed by atoms with van der Waals surface area (Å²) in [6, 6.07) is 0. The van der Waals surface area contributed by atoms with Gasteiger partial charge < -0.3 is 5.11 Å². The van der Waals surface area contributed by atoms with Gasteiger partial charge in [0.15, 0.2) is 0 Å². The highest BCUT2D eigenvalue weighted by molar-refractivity contribution is 5.90. The molecule has 2 atom stereocenters. The quantitative estimate of drug-likeness (QED) is 0.664. The number of hydrogen-bond acceptors (Lipinski definition) is 1. The normalized spacial score (nSPS) is 35.2. The molecule has 0 heterocycles. The largest absolute Gasteiger partial charge is 0.478 e. The zero-order valence-corrected chi connectivity index (χ0v) is 7.42. The number of rotatable bonds is 1. The molecule has 1 N–H and O–H groups in total. The molecule has 0 aliphatic heterocycles. The minimum absolute atomic E-state index is 0.588.